The number of aromatic amines is 1. The molecule has 114 valence electrons. The second kappa shape index (κ2) is 5.16. The van der Waals surface area contributed by atoms with Gasteiger partial charge < -0.3 is 10.1 Å². The number of carbonyl (C=O) groups excluding carboxylic acids is 1. The molecular formula is C17H19N3O2. The molecule has 0 fully saturated rings. The first kappa shape index (κ1) is 13.4. The molecule has 2 aromatic rings. The van der Waals surface area contributed by atoms with Gasteiger partial charge in [0.15, 0.2) is 0 Å². The first-order valence-corrected chi connectivity index (χ1v) is 7.76. The lowest BCUT2D eigenvalue weighted by molar-refractivity contribution is -0.124. The van der Waals surface area contributed by atoms with Gasteiger partial charge in [-0.15, -0.1) is 0 Å². The van der Waals surface area contributed by atoms with Crippen molar-refractivity contribution >= 4 is 5.91 Å². The monoisotopic (exact) mass is 297 g/mol. The summed E-state index contributed by atoms with van der Waals surface area (Å²) in [6.45, 7) is 2.69. The molecule has 3 unspecified atom stereocenters. The van der Waals surface area contributed by atoms with Crippen molar-refractivity contribution in [3.05, 3.63) is 47.3 Å². The van der Waals surface area contributed by atoms with Crippen LogP contribution in [-0.2, 0) is 11.2 Å². The molecule has 4 rings (SSSR count). The smallest absolute Gasteiger partial charge is 0.229 e. The molecule has 1 amide bonds. The lowest BCUT2D eigenvalue weighted by Crippen LogP contribution is -2.36. The number of carbonyl (C=O) groups is 1. The molecule has 1 aliphatic heterocycles. The molecule has 3 atom stereocenters. The molecule has 5 nitrogen and oxygen atoms in total. The van der Waals surface area contributed by atoms with E-state index < -0.39 is 0 Å². The Morgan fingerprint density at radius 3 is 3.18 bits per heavy atom. The zero-order chi connectivity index (χ0) is 15.1. The molecule has 1 aromatic heterocycles. The number of rotatable bonds is 2. The second-order valence-electron chi connectivity index (χ2n) is 6.32. The van der Waals surface area contributed by atoms with Crippen LogP contribution >= 0.6 is 0 Å². The lowest BCUT2D eigenvalue weighted by atomic mass is 9.81. The summed E-state index contributed by atoms with van der Waals surface area (Å²) in [5.74, 6) is 1.27. The van der Waals surface area contributed by atoms with Crippen molar-refractivity contribution in [2.45, 2.75) is 31.7 Å². The number of amides is 1. The summed E-state index contributed by atoms with van der Waals surface area (Å²) in [5, 5.41) is 10.3. The first-order chi connectivity index (χ1) is 10.7. The fourth-order valence-electron chi connectivity index (χ4n) is 3.56. The van der Waals surface area contributed by atoms with E-state index in [1.807, 2.05) is 30.5 Å². The third-order valence-corrected chi connectivity index (χ3v) is 4.64. The van der Waals surface area contributed by atoms with Crippen molar-refractivity contribution in [2.24, 2.45) is 5.92 Å². The van der Waals surface area contributed by atoms with Gasteiger partial charge in [-0.25, -0.2) is 0 Å². The van der Waals surface area contributed by atoms with Crippen LogP contribution in [0.3, 0.4) is 0 Å². The average molecular weight is 297 g/mol. The number of ether oxygens (including phenoxy) is 1. The Balaban J connectivity index is 1.55. The maximum Gasteiger partial charge on any atom is 0.229 e. The van der Waals surface area contributed by atoms with Gasteiger partial charge in [0, 0.05) is 5.56 Å². The highest BCUT2D eigenvalue weighted by molar-refractivity contribution is 5.84. The van der Waals surface area contributed by atoms with Gasteiger partial charge >= 0.3 is 0 Å². The van der Waals surface area contributed by atoms with E-state index in [9.17, 15) is 4.79 Å². The Morgan fingerprint density at radius 2 is 2.27 bits per heavy atom. The number of hydrogen-bond donors (Lipinski definition) is 2. The zero-order valence-corrected chi connectivity index (χ0v) is 12.5. The van der Waals surface area contributed by atoms with E-state index in [2.05, 4.69) is 22.4 Å². The van der Waals surface area contributed by atoms with Crippen molar-refractivity contribution in [1.29, 1.82) is 0 Å². The van der Waals surface area contributed by atoms with Crippen LogP contribution in [0.15, 0.2) is 30.5 Å². The van der Waals surface area contributed by atoms with Crippen molar-refractivity contribution in [1.82, 2.24) is 15.5 Å². The summed E-state index contributed by atoms with van der Waals surface area (Å²) in [6, 6.07) is 7.81. The summed E-state index contributed by atoms with van der Waals surface area (Å²) in [6.07, 6.45) is 3.69. The second-order valence-corrected chi connectivity index (χ2v) is 6.32. The number of aromatic nitrogens is 2. The Hall–Kier alpha value is -2.30. The molecule has 0 radical (unpaired) electrons. The SMILES string of the molecule is CC1Cc2cn[nH]c2C(C(=O)NC2COc3ccccc32)C1. The minimum absolute atomic E-state index is 0.0577. The summed E-state index contributed by atoms with van der Waals surface area (Å²) >= 11 is 0. The van der Waals surface area contributed by atoms with Crippen LogP contribution in [0.2, 0.25) is 0 Å². The molecule has 1 aliphatic carbocycles. The van der Waals surface area contributed by atoms with Gasteiger partial charge in [-0.05, 0) is 30.4 Å². The highest BCUT2D eigenvalue weighted by Gasteiger charge is 2.34. The van der Waals surface area contributed by atoms with Crippen LogP contribution in [0.1, 0.15) is 42.1 Å². The molecular weight excluding hydrogens is 278 g/mol. The fraction of sp³-hybridized carbons (Fsp3) is 0.412. The van der Waals surface area contributed by atoms with Gasteiger partial charge in [0.2, 0.25) is 5.91 Å². The molecule has 0 saturated heterocycles. The van der Waals surface area contributed by atoms with Crippen molar-refractivity contribution < 1.29 is 9.53 Å². The predicted molar refractivity (Wildman–Crippen MR) is 81.6 cm³/mol. The van der Waals surface area contributed by atoms with Crippen LogP contribution in [0.4, 0.5) is 0 Å². The minimum Gasteiger partial charge on any atom is -0.491 e. The third kappa shape index (κ3) is 2.17. The Labute approximate surface area is 129 Å². The van der Waals surface area contributed by atoms with Crippen LogP contribution in [0, 0.1) is 5.92 Å². The third-order valence-electron chi connectivity index (χ3n) is 4.64. The van der Waals surface area contributed by atoms with E-state index in [0.29, 0.717) is 12.5 Å². The standard InChI is InChI=1S/C17H19N3O2/c1-10-6-11-8-18-20-16(11)13(7-10)17(21)19-14-9-22-15-5-3-2-4-12(14)15/h2-5,8,10,13-14H,6-7,9H2,1H3,(H,18,20)(H,19,21). The number of nitrogens with one attached hydrogen (secondary N) is 2. The highest BCUT2D eigenvalue weighted by Crippen LogP contribution is 2.36. The largest absolute Gasteiger partial charge is 0.491 e. The molecule has 2 aliphatic rings. The minimum atomic E-state index is -0.144. The van der Waals surface area contributed by atoms with Crippen LogP contribution in [0.5, 0.6) is 5.75 Å². The van der Waals surface area contributed by atoms with E-state index in [4.69, 9.17) is 4.74 Å². The van der Waals surface area contributed by atoms with Crippen LogP contribution in [0.25, 0.3) is 0 Å². The molecule has 5 heteroatoms. The lowest BCUT2D eigenvalue weighted by Gasteiger charge is -2.26. The Bertz CT molecular complexity index is 709. The van der Waals surface area contributed by atoms with Crippen molar-refractivity contribution in [3.63, 3.8) is 0 Å². The highest BCUT2D eigenvalue weighted by atomic mass is 16.5. The number of nitrogens with zero attached hydrogens (tertiary/aromatic N) is 1. The Morgan fingerprint density at radius 1 is 1.41 bits per heavy atom. The topological polar surface area (TPSA) is 67.0 Å². The molecule has 0 bridgehead atoms. The summed E-state index contributed by atoms with van der Waals surface area (Å²) < 4.78 is 5.64. The summed E-state index contributed by atoms with van der Waals surface area (Å²) in [7, 11) is 0. The molecule has 2 heterocycles. The average Bonchev–Trinajstić information content (AvgIpc) is 3.13. The number of benzene rings is 1. The predicted octanol–water partition coefficient (Wildman–Crippen LogP) is 2.33. The van der Waals surface area contributed by atoms with Gasteiger partial charge in [0.1, 0.15) is 12.4 Å². The van der Waals surface area contributed by atoms with E-state index in [1.165, 1.54) is 5.56 Å². The normalized spacial score (nSPS) is 26.0. The fourth-order valence-corrected chi connectivity index (χ4v) is 3.56. The van der Waals surface area contributed by atoms with E-state index in [0.717, 1.165) is 29.8 Å². The number of hydrogen-bond acceptors (Lipinski definition) is 3. The van der Waals surface area contributed by atoms with Crippen molar-refractivity contribution in [3.8, 4) is 5.75 Å². The van der Waals surface area contributed by atoms with E-state index in [-0.39, 0.29) is 17.9 Å². The van der Waals surface area contributed by atoms with E-state index >= 15 is 0 Å². The van der Waals surface area contributed by atoms with Gasteiger partial charge in [-0.2, -0.15) is 5.10 Å². The maximum atomic E-state index is 12.8. The molecule has 1 aromatic carbocycles. The Kier molecular flexibility index (Phi) is 3.13. The molecule has 0 saturated carbocycles. The van der Waals surface area contributed by atoms with Gasteiger partial charge in [-0.3, -0.25) is 9.89 Å². The molecule has 22 heavy (non-hydrogen) atoms. The van der Waals surface area contributed by atoms with Crippen LogP contribution < -0.4 is 10.1 Å². The molecule has 0 spiro atoms. The van der Waals surface area contributed by atoms with Crippen LogP contribution in [-0.4, -0.2) is 22.7 Å². The maximum absolute atomic E-state index is 12.8. The van der Waals surface area contributed by atoms with Gasteiger partial charge in [0.25, 0.3) is 0 Å². The number of fused-ring (bicyclic) bond motifs is 2. The first-order valence-electron chi connectivity index (χ1n) is 7.76. The molecule has 2 N–H and O–H groups in total. The quantitative estimate of drug-likeness (QED) is 0.894. The number of H-pyrrole nitrogens is 1. The van der Waals surface area contributed by atoms with E-state index in [1.54, 1.807) is 0 Å². The summed E-state index contributed by atoms with van der Waals surface area (Å²) in [4.78, 5) is 12.8. The summed E-state index contributed by atoms with van der Waals surface area (Å²) in [5.41, 5.74) is 3.20. The zero-order valence-electron chi connectivity index (χ0n) is 12.5. The van der Waals surface area contributed by atoms with Gasteiger partial charge in [0.05, 0.1) is 23.9 Å². The van der Waals surface area contributed by atoms with Gasteiger partial charge in [-0.1, -0.05) is 25.1 Å². The van der Waals surface area contributed by atoms with Crippen molar-refractivity contribution in [2.75, 3.05) is 6.61 Å². The number of para-hydroxylation sites is 1.